The molecule has 13 heteroatoms. The molecule has 0 radical (unpaired) electrons. The Labute approximate surface area is 202 Å². The molecule has 1 aliphatic rings. The Morgan fingerprint density at radius 1 is 1.28 bits per heavy atom. The van der Waals surface area contributed by atoms with E-state index in [0.29, 0.717) is 11.3 Å². The van der Waals surface area contributed by atoms with Gasteiger partial charge in [0.25, 0.3) is 0 Å². The van der Waals surface area contributed by atoms with Crippen LogP contribution in [0.2, 0.25) is 0 Å². The number of aromatic carboxylic acids is 1. The summed E-state index contributed by atoms with van der Waals surface area (Å²) in [6.07, 6.45) is -0.901. The Bertz CT molecular complexity index is 1400. The molecule has 3 heterocycles. The van der Waals surface area contributed by atoms with E-state index in [1.54, 1.807) is 24.3 Å². The van der Waals surface area contributed by atoms with Crippen molar-refractivity contribution in [2.75, 3.05) is 17.4 Å². The monoisotopic (exact) mass is 497 g/mol. The number of nitriles is 1. The van der Waals surface area contributed by atoms with Crippen molar-refractivity contribution in [3.63, 3.8) is 0 Å². The maximum atomic E-state index is 13.4. The van der Waals surface area contributed by atoms with Crippen molar-refractivity contribution in [1.29, 1.82) is 5.26 Å². The molecule has 1 unspecified atom stereocenters. The molecule has 36 heavy (non-hydrogen) atoms. The number of hydrazine groups is 1. The fraction of sp³-hybridized carbons (Fsp3) is 0.174. The molecule has 0 spiro atoms. The van der Waals surface area contributed by atoms with Gasteiger partial charge in [0.1, 0.15) is 11.6 Å². The molecule has 184 valence electrons. The second-order valence-electron chi connectivity index (χ2n) is 7.63. The van der Waals surface area contributed by atoms with Gasteiger partial charge >= 0.3 is 12.1 Å². The number of hydrogen-bond donors (Lipinski definition) is 3. The average molecular weight is 497 g/mol. The van der Waals surface area contributed by atoms with Gasteiger partial charge in [-0.15, -0.1) is 0 Å². The van der Waals surface area contributed by atoms with Crippen molar-refractivity contribution >= 4 is 23.4 Å². The van der Waals surface area contributed by atoms with Crippen molar-refractivity contribution in [2.24, 2.45) is 0 Å². The fourth-order valence-corrected chi connectivity index (χ4v) is 3.51. The first kappa shape index (κ1) is 24.4. The van der Waals surface area contributed by atoms with E-state index in [1.807, 2.05) is 6.07 Å². The van der Waals surface area contributed by atoms with Crippen molar-refractivity contribution < 1.29 is 27.8 Å². The molecule has 1 atom stereocenters. The summed E-state index contributed by atoms with van der Waals surface area (Å²) in [4.78, 5) is 24.3. The number of rotatable bonds is 6. The highest BCUT2D eigenvalue weighted by atomic mass is 19.4. The number of hydrogen-bond acceptors (Lipinski definition) is 9. The number of carboxylic acid groups (broad SMARTS) is 1. The molecule has 1 aliphatic heterocycles. The first-order valence-electron chi connectivity index (χ1n) is 10.3. The summed E-state index contributed by atoms with van der Waals surface area (Å²) < 4.78 is 45.2. The number of allylic oxidation sites excluding steroid dienone is 1. The third-order valence-electron chi connectivity index (χ3n) is 5.20. The third kappa shape index (κ3) is 4.89. The van der Waals surface area contributed by atoms with Gasteiger partial charge in [-0.25, -0.2) is 20.2 Å². The van der Waals surface area contributed by atoms with Crippen molar-refractivity contribution in [2.45, 2.75) is 19.1 Å². The summed E-state index contributed by atoms with van der Waals surface area (Å²) in [5.41, 5.74) is 3.67. The smallest absolute Gasteiger partial charge is 0.409 e. The van der Waals surface area contributed by atoms with Crippen molar-refractivity contribution in [3.8, 4) is 23.1 Å². The number of alkyl halides is 3. The summed E-state index contributed by atoms with van der Waals surface area (Å²) in [5.74, 6) is -1.37. The lowest BCUT2D eigenvalue weighted by Gasteiger charge is -2.25. The number of anilines is 3. The molecule has 3 aromatic rings. The van der Waals surface area contributed by atoms with Gasteiger partial charge in [-0.1, -0.05) is 6.07 Å². The summed E-state index contributed by atoms with van der Waals surface area (Å²) >= 11 is 0. The molecule has 4 rings (SSSR count). The Kier molecular flexibility index (Phi) is 6.45. The number of aromatic nitrogens is 3. The number of methoxy groups -OCH3 is 1. The van der Waals surface area contributed by atoms with E-state index in [0.717, 1.165) is 11.1 Å². The summed E-state index contributed by atoms with van der Waals surface area (Å²) in [7, 11) is 1.27. The molecule has 0 saturated heterocycles. The van der Waals surface area contributed by atoms with Crippen LogP contribution in [-0.2, 0) is 0 Å². The lowest BCUT2D eigenvalue weighted by molar-refractivity contribution is -0.142. The number of pyridine rings is 1. The highest BCUT2D eigenvalue weighted by Crippen LogP contribution is 2.36. The van der Waals surface area contributed by atoms with Crippen LogP contribution in [0.5, 0.6) is 5.88 Å². The zero-order chi connectivity index (χ0) is 26.0. The van der Waals surface area contributed by atoms with Crippen LogP contribution in [0.15, 0.2) is 54.5 Å². The molecular weight excluding hydrogens is 479 g/mol. The zero-order valence-electron chi connectivity index (χ0n) is 18.8. The van der Waals surface area contributed by atoms with E-state index in [2.05, 4.69) is 25.7 Å². The van der Waals surface area contributed by atoms with Gasteiger partial charge in [0.2, 0.25) is 11.8 Å². The highest BCUT2D eigenvalue weighted by molar-refractivity contribution is 5.92. The second-order valence-corrected chi connectivity index (χ2v) is 7.63. The topological polar surface area (TPSA) is 136 Å². The van der Waals surface area contributed by atoms with E-state index in [-0.39, 0.29) is 40.0 Å². The quantitative estimate of drug-likeness (QED) is 0.458. The second kappa shape index (κ2) is 9.51. The predicted molar refractivity (Wildman–Crippen MR) is 122 cm³/mol. The van der Waals surface area contributed by atoms with Crippen molar-refractivity contribution in [1.82, 2.24) is 20.4 Å². The zero-order valence-corrected chi connectivity index (χ0v) is 18.8. The van der Waals surface area contributed by atoms with E-state index >= 15 is 0 Å². The lowest BCUT2D eigenvalue weighted by atomic mass is 10.1. The number of nitrogens with zero attached hydrogens (tertiary/aromatic N) is 5. The fourth-order valence-electron chi connectivity index (χ4n) is 3.51. The van der Waals surface area contributed by atoms with E-state index in [1.165, 1.54) is 32.5 Å². The van der Waals surface area contributed by atoms with Crippen LogP contribution in [0, 0.1) is 11.3 Å². The van der Waals surface area contributed by atoms with Gasteiger partial charge in [-0.3, -0.25) is 5.01 Å². The Hall–Kier alpha value is -4.70. The molecule has 10 nitrogen and oxygen atoms in total. The van der Waals surface area contributed by atoms with Crippen LogP contribution in [-0.4, -0.2) is 45.4 Å². The first-order chi connectivity index (χ1) is 17.1. The van der Waals surface area contributed by atoms with E-state index < -0.39 is 18.2 Å². The largest absolute Gasteiger partial charge is 0.480 e. The molecule has 0 amide bonds. The predicted octanol–water partition coefficient (Wildman–Crippen LogP) is 4.02. The molecule has 1 aromatic carbocycles. The van der Waals surface area contributed by atoms with Crippen LogP contribution < -0.4 is 20.5 Å². The normalized spacial score (nSPS) is 15.3. The van der Waals surface area contributed by atoms with Gasteiger partial charge < -0.3 is 15.2 Å². The molecule has 0 aliphatic carbocycles. The number of carboxylic acids is 1. The van der Waals surface area contributed by atoms with Crippen LogP contribution in [0.3, 0.4) is 0 Å². The lowest BCUT2D eigenvalue weighted by Crippen LogP contribution is -2.45. The number of carbonyl (C=O) groups is 1. The molecular formula is C23H18F3N7O3. The molecule has 2 aromatic heterocycles. The standard InChI is InChI=1S/C23H18F3N7O3/c1-12-6-18(23(24,25)26)32-33(12)19-17(14-8-16(21(34)35)20(36-2)28-10-14)11-29-22(31-19)30-15-5-3-4-13(7-15)9-27/h3-8,10-11,18,32H,1-2H3,(H,34,35)(H,29,30,31). The number of halogens is 3. The minimum Gasteiger partial charge on any atom is -0.480 e. The van der Waals surface area contributed by atoms with Gasteiger partial charge in [-0.2, -0.15) is 23.4 Å². The number of nitrogens with one attached hydrogen (secondary N) is 2. The van der Waals surface area contributed by atoms with Crippen LogP contribution in [0.4, 0.5) is 30.6 Å². The molecule has 3 N–H and O–H groups in total. The van der Waals surface area contributed by atoms with Crippen LogP contribution in [0.25, 0.3) is 11.1 Å². The van der Waals surface area contributed by atoms with Gasteiger partial charge in [-0.05, 0) is 37.3 Å². The summed E-state index contributed by atoms with van der Waals surface area (Å²) in [6.45, 7) is 1.48. The highest BCUT2D eigenvalue weighted by Gasteiger charge is 2.43. The maximum absolute atomic E-state index is 13.4. The summed E-state index contributed by atoms with van der Waals surface area (Å²) in [5, 5.41) is 22.7. The molecule has 0 bridgehead atoms. The van der Waals surface area contributed by atoms with Crippen LogP contribution >= 0.6 is 0 Å². The van der Waals surface area contributed by atoms with Gasteiger partial charge in [0, 0.05) is 34.9 Å². The van der Waals surface area contributed by atoms with E-state index in [9.17, 15) is 23.1 Å². The first-order valence-corrected chi connectivity index (χ1v) is 10.3. The van der Waals surface area contributed by atoms with Gasteiger partial charge in [0.15, 0.2) is 5.82 Å². The SMILES string of the molecule is COc1ncc(-c2cnc(Nc3cccc(C#N)c3)nc2N2NC(C(F)(F)F)C=C2C)cc1C(=O)O. The Morgan fingerprint density at radius 2 is 2.06 bits per heavy atom. The number of benzene rings is 1. The molecule has 0 saturated carbocycles. The van der Waals surface area contributed by atoms with E-state index in [4.69, 9.17) is 10.00 Å². The maximum Gasteiger partial charge on any atom is 0.409 e. The minimum atomic E-state index is -4.56. The van der Waals surface area contributed by atoms with Crippen molar-refractivity contribution in [3.05, 3.63) is 65.6 Å². The Morgan fingerprint density at radius 3 is 2.69 bits per heavy atom. The van der Waals surface area contributed by atoms with Crippen LogP contribution in [0.1, 0.15) is 22.8 Å². The number of ether oxygens (including phenoxy) is 1. The molecule has 0 fully saturated rings. The Balaban J connectivity index is 1.82. The summed E-state index contributed by atoms with van der Waals surface area (Å²) in [6, 6.07) is 7.82. The third-order valence-corrected chi connectivity index (χ3v) is 5.20. The minimum absolute atomic E-state index is 0.0211. The van der Waals surface area contributed by atoms with Gasteiger partial charge in [0.05, 0.1) is 18.7 Å². The average Bonchev–Trinajstić information content (AvgIpc) is 3.25.